The zero-order valence-electron chi connectivity index (χ0n) is 17.9. The number of nitrogens with zero attached hydrogens (tertiary/aromatic N) is 2. The van der Waals surface area contributed by atoms with Crippen LogP contribution < -0.4 is 0 Å². The number of ketones is 1. The van der Waals surface area contributed by atoms with Crippen molar-refractivity contribution < 1.29 is 9.18 Å². The van der Waals surface area contributed by atoms with Gasteiger partial charge < -0.3 is 9.80 Å². The van der Waals surface area contributed by atoms with Crippen molar-refractivity contribution >= 4 is 11.5 Å². The molecule has 1 unspecified atom stereocenters. The lowest BCUT2D eigenvalue weighted by Gasteiger charge is -2.33. The Morgan fingerprint density at radius 3 is 2.72 bits per heavy atom. The van der Waals surface area contributed by atoms with Crippen LogP contribution in [0.5, 0.6) is 0 Å². The maximum absolute atomic E-state index is 13.8. The zero-order chi connectivity index (χ0) is 21.1. The first-order valence-corrected chi connectivity index (χ1v) is 10.1. The molecule has 2 aliphatic heterocycles. The van der Waals surface area contributed by atoms with E-state index in [-0.39, 0.29) is 17.6 Å². The largest absolute Gasteiger partial charge is 0.370 e. The zero-order valence-corrected chi connectivity index (χ0v) is 17.9. The highest BCUT2D eigenvalue weighted by atomic mass is 19.1. The number of likely N-dealkylation sites (N-methyl/N-ethyl adjacent to an activating group) is 1. The van der Waals surface area contributed by atoms with Crippen molar-refractivity contribution in [1.82, 2.24) is 9.80 Å². The summed E-state index contributed by atoms with van der Waals surface area (Å²) in [6.45, 7) is 8.31. The SMILES string of the molecule is CC/C=C(/C(C)=O)N1C=C(C2=C(c3ccc(F)c(C)c3)N(C)CC=C2)C=CC1C. The standard InChI is InChI=1S/C25H29FN2O/c1-6-8-24(19(4)29)28-16-21(11-10-18(28)3)22-9-7-14-27(5)25(22)20-12-13-23(26)17(2)15-20/h7-13,15-16,18H,6,14H2,1-5H3/b24-8-. The van der Waals surface area contributed by atoms with E-state index in [0.29, 0.717) is 5.56 Å². The number of hydrogen-bond donors (Lipinski definition) is 0. The second kappa shape index (κ2) is 8.64. The molecule has 0 spiro atoms. The van der Waals surface area contributed by atoms with Gasteiger partial charge in [0.05, 0.1) is 11.4 Å². The van der Waals surface area contributed by atoms with E-state index in [1.165, 1.54) is 6.07 Å². The first kappa shape index (κ1) is 20.8. The van der Waals surface area contributed by atoms with E-state index in [4.69, 9.17) is 0 Å². The predicted octanol–water partition coefficient (Wildman–Crippen LogP) is 5.37. The number of aryl methyl sites for hydroxylation is 1. The number of carbonyl (C=O) groups excluding carboxylic acids is 1. The number of carbonyl (C=O) groups is 1. The van der Waals surface area contributed by atoms with E-state index < -0.39 is 0 Å². The lowest BCUT2D eigenvalue weighted by Crippen LogP contribution is -2.32. The topological polar surface area (TPSA) is 23.6 Å². The van der Waals surface area contributed by atoms with Gasteiger partial charge in [0.1, 0.15) is 5.82 Å². The summed E-state index contributed by atoms with van der Waals surface area (Å²) < 4.78 is 13.8. The van der Waals surface area contributed by atoms with Crippen molar-refractivity contribution in [3.63, 3.8) is 0 Å². The normalized spacial score (nSPS) is 19.7. The smallest absolute Gasteiger partial charge is 0.175 e. The molecule has 29 heavy (non-hydrogen) atoms. The lowest BCUT2D eigenvalue weighted by atomic mass is 9.93. The molecule has 1 atom stereocenters. The van der Waals surface area contributed by atoms with Gasteiger partial charge in [-0.05, 0) is 55.2 Å². The van der Waals surface area contributed by atoms with Gasteiger partial charge in [0.25, 0.3) is 0 Å². The third kappa shape index (κ3) is 4.26. The third-order valence-corrected chi connectivity index (χ3v) is 5.35. The summed E-state index contributed by atoms with van der Waals surface area (Å²) in [5, 5.41) is 0. The molecule has 0 fully saturated rings. The average molecular weight is 393 g/mol. The van der Waals surface area contributed by atoms with E-state index >= 15 is 0 Å². The number of rotatable bonds is 5. The Morgan fingerprint density at radius 1 is 1.31 bits per heavy atom. The Balaban J connectivity index is 2.14. The summed E-state index contributed by atoms with van der Waals surface area (Å²) >= 11 is 0. The van der Waals surface area contributed by atoms with Crippen molar-refractivity contribution in [3.05, 3.63) is 88.6 Å². The first-order chi connectivity index (χ1) is 13.8. The quantitative estimate of drug-likeness (QED) is 0.629. The molecule has 0 N–H and O–H groups in total. The molecule has 0 aromatic heterocycles. The van der Waals surface area contributed by atoms with E-state index in [2.05, 4.69) is 42.3 Å². The molecule has 3 nitrogen and oxygen atoms in total. The van der Waals surface area contributed by atoms with Crippen LogP contribution in [-0.2, 0) is 4.79 Å². The van der Waals surface area contributed by atoms with Gasteiger partial charge in [0, 0.05) is 38.3 Å². The summed E-state index contributed by atoms with van der Waals surface area (Å²) in [5.74, 6) is -0.137. The Bertz CT molecular complexity index is 965. The minimum Gasteiger partial charge on any atom is -0.370 e. The van der Waals surface area contributed by atoms with Gasteiger partial charge >= 0.3 is 0 Å². The molecule has 4 heteroatoms. The van der Waals surface area contributed by atoms with Crippen LogP contribution in [0.25, 0.3) is 5.70 Å². The number of Topliss-reactive ketones (excluding diaryl/α,β-unsaturated/α-hetero) is 1. The maximum atomic E-state index is 13.8. The maximum Gasteiger partial charge on any atom is 0.175 e. The van der Waals surface area contributed by atoms with Gasteiger partial charge in [0.15, 0.2) is 5.78 Å². The summed E-state index contributed by atoms with van der Waals surface area (Å²) in [7, 11) is 2.04. The summed E-state index contributed by atoms with van der Waals surface area (Å²) in [6.07, 6.45) is 13.3. The van der Waals surface area contributed by atoms with Gasteiger partial charge in [0.2, 0.25) is 0 Å². The van der Waals surface area contributed by atoms with Gasteiger partial charge in [-0.15, -0.1) is 0 Å². The highest BCUT2D eigenvalue weighted by molar-refractivity contribution is 5.93. The van der Waals surface area contributed by atoms with Crippen LogP contribution in [0.2, 0.25) is 0 Å². The van der Waals surface area contributed by atoms with Gasteiger partial charge in [-0.25, -0.2) is 4.39 Å². The molecule has 152 valence electrons. The third-order valence-electron chi connectivity index (χ3n) is 5.35. The van der Waals surface area contributed by atoms with Crippen LogP contribution in [0.1, 0.15) is 38.3 Å². The molecule has 0 amide bonds. The molecular weight excluding hydrogens is 363 g/mol. The molecule has 3 rings (SSSR count). The van der Waals surface area contributed by atoms with Gasteiger partial charge in [-0.1, -0.05) is 37.3 Å². The first-order valence-electron chi connectivity index (χ1n) is 10.1. The fourth-order valence-corrected chi connectivity index (χ4v) is 3.82. The molecule has 0 saturated heterocycles. The number of hydrogen-bond acceptors (Lipinski definition) is 3. The van der Waals surface area contributed by atoms with Crippen LogP contribution >= 0.6 is 0 Å². The molecule has 2 aliphatic rings. The van der Waals surface area contributed by atoms with Crippen LogP contribution in [0.3, 0.4) is 0 Å². The van der Waals surface area contributed by atoms with Crippen LogP contribution in [0.15, 0.2) is 71.6 Å². The van der Waals surface area contributed by atoms with E-state index in [1.807, 2.05) is 37.1 Å². The molecule has 0 radical (unpaired) electrons. The minimum absolute atomic E-state index is 0.0595. The highest BCUT2D eigenvalue weighted by Crippen LogP contribution is 2.34. The molecule has 0 bridgehead atoms. The van der Waals surface area contributed by atoms with Crippen molar-refractivity contribution in [3.8, 4) is 0 Å². The molecular formula is C25H29FN2O. The highest BCUT2D eigenvalue weighted by Gasteiger charge is 2.24. The van der Waals surface area contributed by atoms with Crippen molar-refractivity contribution in [1.29, 1.82) is 0 Å². The summed E-state index contributed by atoms with van der Waals surface area (Å²) in [6, 6.07) is 5.35. The summed E-state index contributed by atoms with van der Waals surface area (Å²) in [5.41, 5.74) is 5.50. The number of allylic oxidation sites excluding steroid dienone is 6. The Labute approximate surface area is 173 Å². The predicted molar refractivity (Wildman–Crippen MR) is 117 cm³/mol. The van der Waals surface area contributed by atoms with Crippen LogP contribution in [0, 0.1) is 12.7 Å². The molecule has 1 aromatic carbocycles. The number of benzene rings is 1. The van der Waals surface area contributed by atoms with Gasteiger partial charge in [-0.3, -0.25) is 4.79 Å². The molecule has 0 aliphatic carbocycles. The van der Waals surface area contributed by atoms with E-state index in [1.54, 1.807) is 13.8 Å². The Hall–Kier alpha value is -2.88. The molecule has 2 heterocycles. The van der Waals surface area contributed by atoms with Gasteiger partial charge in [-0.2, -0.15) is 0 Å². The summed E-state index contributed by atoms with van der Waals surface area (Å²) in [4.78, 5) is 16.5. The monoisotopic (exact) mass is 392 g/mol. The van der Waals surface area contributed by atoms with E-state index in [0.717, 1.165) is 41.1 Å². The average Bonchev–Trinajstić information content (AvgIpc) is 2.69. The van der Waals surface area contributed by atoms with E-state index in [9.17, 15) is 9.18 Å². The lowest BCUT2D eigenvalue weighted by molar-refractivity contribution is -0.114. The van der Waals surface area contributed by atoms with Crippen LogP contribution in [0.4, 0.5) is 4.39 Å². The fraction of sp³-hybridized carbons (Fsp3) is 0.320. The number of halogens is 1. The minimum atomic E-state index is -0.197. The fourth-order valence-electron chi connectivity index (χ4n) is 3.82. The Kier molecular flexibility index (Phi) is 6.21. The van der Waals surface area contributed by atoms with Crippen LogP contribution in [-0.4, -0.2) is 35.2 Å². The second-order valence-electron chi connectivity index (χ2n) is 7.65. The van der Waals surface area contributed by atoms with Crippen molar-refractivity contribution in [2.75, 3.05) is 13.6 Å². The van der Waals surface area contributed by atoms with Crippen molar-refractivity contribution in [2.24, 2.45) is 0 Å². The molecule has 0 saturated carbocycles. The molecule has 1 aromatic rings. The second-order valence-corrected chi connectivity index (χ2v) is 7.65. The van der Waals surface area contributed by atoms with Crippen molar-refractivity contribution in [2.45, 2.75) is 40.2 Å². The Morgan fingerprint density at radius 2 is 2.07 bits per heavy atom.